The first kappa shape index (κ1) is 9.08. The summed E-state index contributed by atoms with van der Waals surface area (Å²) in [5, 5.41) is 8.70. The van der Waals surface area contributed by atoms with Gasteiger partial charge < -0.3 is 4.74 Å². The highest BCUT2D eigenvalue weighted by atomic mass is 16.5. The molecule has 0 atom stereocenters. The number of methoxy groups -OCH3 is 1. The zero-order valence-electron chi connectivity index (χ0n) is 8.34. The van der Waals surface area contributed by atoms with Gasteiger partial charge in [-0.05, 0) is 42.0 Å². The number of benzene rings is 1. The molecule has 72 valence electrons. The lowest BCUT2D eigenvalue weighted by molar-refractivity contribution is 0.410. The van der Waals surface area contributed by atoms with E-state index in [1.54, 1.807) is 7.11 Å². The van der Waals surface area contributed by atoms with E-state index in [4.69, 9.17) is 10.00 Å². The second kappa shape index (κ2) is 3.71. The van der Waals surface area contributed by atoms with Crippen LogP contribution in [-0.2, 0) is 19.3 Å². The first-order chi connectivity index (χ1) is 6.86. The van der Waals surface area contributed by atoms with Crippen LogP contribution in [0.4, 0.5) is 0 Å². The number of nitriles is 1. The Bertz CT molecular complexity index is 390. The molecule has 0 saturated heterocycles. The minimum Gasteiger partial charge on any atom is -0.496 e. The van der Waals surface area contributed by atoms with Crippen LogP contribution in [0.5, 0.6) is 5.75 Å². The average molecular weight is 187 g/mol. The summed E-state index contributed by atoms with van der Waals surface area (Å²) in [5.74, 6) is 0.985. The van der Waals surface area contributed by atoms with E-state index >= 15 is 0 Å². The van der Waals surface area contributed by atoms with Gasteiger partial charge in [0.15, 0.2) is 0 Å². The Kier molecular flexibility index (Phi) is 2.41. The summed E-state index contributed by atoms with van der Waals surface area (Å²) >= 11 is 0. The molecule has 1 aromatic rings. The topological polar surface area (TPSA) is 33.0 Å². The summed E-state index contributed by atoms with van der Waals surface area (Å²) < 4.78 is 5.31. The molecule has 0 N–H and O–H groups in total. The minimum atomic E-state index is 0.520. The molecule has 1 aromatic carbocycles. The molecule has 0 unspecified atom stereocenters. The zero-order valence-corrected chi connectivity index (χ0v) is 8.34. The molecule has 1 aliphatic carbocycles. The smallest absolute Gasteiger partial charge is 0.122 e. The van der Waals surface area contributed by atoms with Gasteiger partial charge >= 0.3 is 0 Å². The molecule has 1 aliphatic rings. The Labute approximate surface area is 84.1 Å². The van der Waals surface area contributed by atoms with E-state index in [9.17, 15) is 0 Å². The van der Waals surface area contributed by atoms with Crippen LogP contribution in [0, 0.1) is 11.3 Å². The van der Waals surface area contributed by atoms with E-state index in [-0.39, 0.29) is 0 Å². The number of ether oxygens (including phenoxy) is 1. The van der Waals surface area contributed by atoms with Gasteiger partial charge in [-0.1, -0.05) is 6.07 Å². The second-order valence-corrected chi connectivity index (χ2v) is 3.57. The summed E-state index contributed by atoms with van der Waals surface area (Å²) in [6.07, 6.45) is 3.90. The van der Waals surface area contributed by atoms with Crippen molar-refractivity contribution in [3.8, 4) is 11.8 Å². The molecule has 14 heavy (non-hydrogen) atoms. The maximum Gasteiger partial charge on any atom is 0.122 e. The van der Waals surface area contributed by atoms with Gasteiger partial charge in [-0.2, -0.15) is 5.26 Å². The van der Waals surface area contributed by atoms with E-state index in [0.29, 0.717) is 6.42 Å². The lowest BCUT2D eigenvalue weighted by Crippen LogP contribution is -1.95. The monoisotopic (exact) mass is 187 g/mol. The predicted octanol–water partition coefficient (Wildman–Crippen LogP) is 2.25. The largest absolute Gasteiger partial charge is 0.496 e. The summed E-state index contributed by atoms with van der Waals surface area (Å²) in [6, 6.07) is 6.21. The molecule has 0 amide bonds. The number of rotatable bonds is 2. The molecular formula is C12H13NO. The quantitative estimate of drug-likeness (QED) is 0.711. The molecule has 0 spiro atoms. The average Bonchev–Trinajstić information content (AvgIpc) is 2.67. The maximum absolute atomic E-state index is 8.70. The number of fused-ring (bicyclic) bond motifs is 1. The lowest BCUT2D eigenvalue weighted by Gasteiger charge is -2.09. The molecule has 2 nitrogen and oxygen atoms in total. The fourth-order valence-corrected chi connectivity index (χ4v) is 2.19. The Hall–Kier alpha value is -1.49. The molecule has 0 fully saturated rings. The van der Waals surface area contributed by atoms with Crippen LogP contribution >= 0.6 is 0 Å². The number of hydrogen-bond acceptors (Lipinski definition) is 2. The van der Waals surface area contributed by atoms with Crippen molar-refractivity contribution in [3.05, 3.63) is 28.8 Å². The van der Waals surface area contributed by atoms with Crippen LogP contribution < -0.4 is 4.74 Å². The van der Waals surface area contributed by atoms with Crippen molar-refractivity contribution in [1.82, 2.24) is 0 Å². The van der Waals surface area contributed by atoms with Crippen molar-refractivity contribution in [1.29, 1.82) is 5.26 Å². The molecule has 2 heteroatoms. The summed E-state index contributed by atoms with van der Waals surface area (Å²) in [4.78, 5) is 0. The Morgan fingerprint density at radius 3 is 2.86 bits per heavy atom. The molecule has 0 bridgehead atoms. The van der Waals surface area contributed by atoms with Crippen LogP contribution in [0.2, 0.25) is 0 Å². The van der Waals surface area contributed by atoms with Gasteiger partial charge in [0.25, 0.3) is 0 Å². The van der Waals surface area contributed by atoms with Crippen molar-refractivity contribution < 1.29 is 4.74 Å². The van der Waals surface area contributed by atoms with Gasteiger partial charge in [0.05, 0.1) is 19.6 Å². The maximum atomic E-state index is 8.70. The van der Waals surface area contributed by atoms with E-state index < -0.39 is 0 Å². The molecule has 0 radical (unpaired) electrons. The summed E-state index contributed by atoms with van der Waals surface area (Å²) in [7, 11) is 1.71. The summed E-state index contributed by atoms with van der Waals surface area (Å²) in [5.41, 5.74) is 3.85. The highest BCUT2D eigenvalue weighted by Gasteiger charge is 2.18. The van der Waals surface area contributed by atoms with Gasteiger partial charge in [0, 0.05) is 0 Å². The fraction of sp³-hybridized carbons (Fsp3) is 0.417. The molecule has 0 aliphatic heterocycles. The fourth-order valence-electron chi connectivity index (χ4n) is 2.19. The third-order valence-electron chi connectivity index (χ3n) is 2.83. The molecule has 0 heterocycles. The van der Waals surface area contributed by atoms with Crippen molar-refractivity contribution >= 4 is 0 Å². The van der Waals surface area contributed by atoms with Crippen molar-refractivity contribution in [2.45, 2.75) is 25.7 Å². The Balaban J connectivity index is 2.48. The van der Waals surface area contributed by atoms with Gasteiger partial charge in [0.2, 0.25) is 0 Å². The number of nitrogens with zero attached hydrogens (tertiary/aromatic N) is 1. The SMILES string of the molecule is COc1ccc(CC#N)c2c1CCC2. The highest BCUT2D eigenvalue weighted by molar-refractivity contribution is 5.48. The lowest BCUT2D eigenvalue weighted by atomic mass is 10.0. The van der Waals surface area contributed by atoms with Crippen molar-refractivity contribution in [3.63, 3.8) is 0 Å². The molecule has 0 saturated carbocycles. The van der Waals surface area contributed by atoms with Crippen molar-refractivity contribution in [2.24, 2.45) is 0 Å². The molecule has 2 rings (SSSR count). The Morgan fingerprint density at radius 2 is 2.14 bits per heavy atom. The van der Waals surface area contributed by atoms with Crippen molar-refractivity contribution in [2.75, 3.05) is 7.11 Å². The van der Waals surface area contributed by atoms with E-state index in [1.807, 2.05) is 12.1 Å². The van der Waals surface area contributed by atoms with Gasteiger partial charge in [0.1, 0.15) is 5.75 Å². The van der Waals surface area contributed by atoms with Crippen LogP contribution in [0.15, 0.2) is 12.1 Å². The minimum absolute atomic E-state index is 0.520. The van der Waals surface area contributed by atoms with E-state index in [0.717, 1.165) is 18.6 Å². The highest BCUT2D eigenvalue weighted by Crippen LogP contribution is 2.33. The third-order valence-corrected chi connectivity index (χ3v) is 2.83. The van der Waals surface area contributed by atoms with Gasteiger partial charge in [-0.25, -0.2) is 0 Å². The van der Waals surface area contributed by atoms with Gasteiger partial charge in [-0.15, -0.1) is 0 Å². The standard InChI is InChI=1S/C12H13NO/c1-14-12-6-5-9(7-8-13)10-3-2-4-11(10)12/h5-6H,2-4,7H2,1H3. The van der Waals surface area contributed by atoms with Crippen LogP contribution in [0.1, 0.15) is 23.1 Å². The number of hydrogen-bond donors (Lipinski definition) is 0. The Morgan fingerprint density at radius 1 is 1.36 bits per heavy atom. The van der Waals surface area contributed by atoms with Crippen LogP contribution in [0.3, 0.4) is 0 Å². The molecule has 0 aromatic heterocycles. The first-order valence-electron chi connectivity index (χ1n) is 4.91. The van der Waals surface area contributed by atoms with Crippen LogP contribution in [0.25, 0.3) is 0 Å². The first-order valence-corrected chi connectivity index (χ1v) is 4.91. The summed E-state index contributed by atoms with van der Waals surface area (Å²) in [6.45, 7) is 0. The zero-order chi connectivity index (χ0) is 9.97. The second-order valence-electron chi connectivity index (χ2n) is 3.57. The third kappa shape index (κ3) is 1.35. The van der Waals surface area contributed by atoms with E-state index in [1.165, 1.54) is 23.1 Å². The van der Waals surface area contributed by atoms with E-state index in [2.05, 4.69) is 6.07 Å². The predicted molar refractivity (Wildman–Crippen MR) is 54.3 cm³/mol. The normalized spacial score (nSPS) is 13.4. The van der Waals surface area contributed by atoms with Gasteiger partial charge in [-0.3, -0.25) is 0 Å². The molecular weight excluding hydrogens is 174 g/mol. The van der Waals surface area contributed by atoms with Crippen LogP contribution in [-0.4, -0.2) is 7.11 Å².